The monoisotopic (exact) mass is 353 g/mol. The van der Waals surface area contributed by atoms with Crippen LogP contribution in [0.25, 0.3) is 0 Å². The lowest BCUT2D eigenvalue weighted by atomic mass is 9.87. The molecule has 0 aliphatic heterocycles. The molecule has 2 N–H and O–H groups in total. The highest BCUT2D eigenvalue weighted by molar-refractivity contribution is 5.80. The predicted octanol–water partition coefficient (Wildman–Crippen LogP) is 2.29. The maximum atomic E-state index is 12.8. The lowest BCUT2D eigenvalue weighted by Gasteiger charge is -2.29. The predicted molar refractivity (Wildman–Crippen MR) is 103 cm³/mol. The van der Waals surface area contributed by atoms with Gasteiger partial charge >= 0.3 is 0 Å². The molecular weight excluding hydrogens is 324 g/mol. The molecule has 1 aliphatic carbocycles. The molecule has 3 atom stereocenters. The fourth-order valence-electron chi connectivity index (χ4n) is 3.73. The van der Waals surface area contributed by atoms with Gasteiger partial charge in [-0.05, 0) is 49.4 Å². The summed E-state index contributed by atoms with van der Waals surface area (Å²) in [6, 6.07) is 16.5. The summed E-state index contributed by atoms with van der Waals surface area (Å²) >= 11 is 0. The van der Waals surface area contributed by atoms with Gasteiger partial charge in [-0.25, -0.2) is 0 Å². The van der Waals surface area contributed by atoms with Gasteiger partial charge < -0.3 is 15.0 Å². The van der Waals surface area contributed by atoms with Gasteiger partial charge in [-0.15, -0.1) is 0 Å². The summed E-state index contributed by atoms with van der Waals surface area (Å²) in [5.41, 5.74) is 3.77. The van der Waals surface area contributed by atoms with Crippen LogP contribution in [0.2, 0.25) is 0 Å². The highest BCUT2D eigenvalue weighted by Gasteiger charge is 2.27. The smallest absolute Gasteiger partial charge is 0.278 e. The summed E-state index contributed by atoms with van der Waals surface area (Å²) in [5, 5.41) is 3.28. The topological polar surface area (TPSA) is 42.8 Å². The number of benzene rings is 2. The van der Waals surface area contributed by atoms with Gasteiger partial charge in [0.2, 0.25) is 0 Å². The third kappa shape index (κ3) is 4.07. The van der Waals surface area contributed by atoms with Crippen molar-refractivity contribution in [2.45, 2.75) is 44.8 Å². The Morgan fingerprint density at radius 2 is 1.96 bits per heavy atom. The van der Waals surface area contributed by atoms with Crippen LogP contribution in [0, 0.1) is 0 Å². The number of para-hydroxylation sites is 1. The minimum Gasteiger partial charge on any atom is -0.496 e. The van der Waals surface area contributed by atoms with E-state index in [0.717, 1.165) is 42.0 Å². The van der Waals surface area contributed by atoms with Gasteiger partial charge in [0.05, 0.1) is 20.2 Å². The van der Waals surface area contributed by atoms with E-state index in [1.165, 1.54) is 11.1 Å². The van der Waals surface area contributed by atoms with Crippen LogP contribution in [-0.2, 0) is 17.8 Å². The number of ether oxygens (including phenoxy) is 1. The molecule has 0 saturated heterocycles. The van der Waals surface area contributed by atoms with Gasteiger partial charge in [0.1, 0.15) is 12.3 Å². The molecule has 4 heteroatoms. The number of carbonyl (C=O) groups is 1. The molecule has 1 unspecified atom stereocenters. The Morgan fingerprint density at radius 3 is 2.77 bits per heavy atom. The normalized spacial score (nSPS) is 18.5. The molecule has 0 aromatic heterocycles. The molecule has 1 aliphatic rings. The van der Waals surface area contributed by atoms with Crippen molar-refractivity contribution >= 4 is 5.91 Å². The highest BCUT2D eigenvalue weighted by atomic mass is 16.5. The minimum atomic E-state index is -0.131. The van der Waals surface area contributed by atoms with E-state index < -0.39 is 0 Å². The third-order valence-electron chi connectivity index (χ3n) is 5.48. The first-order chi connectivity index (χ1) is 12.6. The second kappa shape index (κ2) is 8.37. The zero-order chi connectivity index (χ0) is 18.5. The summed E-state index contributed by atoms with van der Waals surface area (Å²) in [7, 11) is 3.75. The molecule has 3 rings (SSSR count). The number of aryl methyl sites for hydroxylation is 1. The van der Waals surface area contributed by atoms with Crippen LogP contribution in [0.4, 0.5) is 0 Å². The standard InChI is InChI=1S/C22H28N2O2/c1-16(24(2)15-18-10-5-7-14-21(18)26-3)22(25)23-20-13-8-11-17-9-4-6-12-19(17)20/h4-7,9-10,12,14,16,20H,8,11,13,15H2,1-3H3,(H,23,25)/p+1/t16-,20-/m1/s1. The van der Waals surface area contributed by atoms with Crippen molar-refractivity contribution in [2.75, 3.05) is 14.2 Å². The summed E-state index contributed by atoms with van der Waals surface area (Å²) in [6.07, 6.45) is 3.25. The van der Waals surface area contributed by atoms with Gasteiger partial charge in [-0.2, -0.15) is 0 Å². The number of rotatable bonds is 6. The molecule has 0 radical (unpaired) electrons. The minimum absolute atomic E-state index is 0.110. The van der Waals surface area contributed by atoms with Crippen molar-refractivity contribution in [1.82, 2.24) is 5.32 Å². The fraction of sp³-hybridized carbons (Fsp3) is 0.409. The fourth-order valence-corrected chi connectivity index (χ4v) is 3.73. The Labute approximate surface area is 156 Å². The van der Waals surface area contributed by atoms with Crippen LogP contribution in [0.3, 0.4) is 0 Å². The Kier molecular flexibility index (Phi) is 5.94. The van der Waals surface area contributed by atoms with E-state index in [0.29, 0.717) is 0 Å². The summed E-state index contributed by atoms with van der Waals surface area (Å²) in [4.78, 5) is 14.0. The van der Waals surface area contributed by atoms with E-state index >= 15 is 0 Å². The zero-order valence-corrected chi connectivity index (χ0v) is 15.9. The first-order valence-corrected chi connectivity index (χ1v) is 9.42. The average Bonchev–Trinajstić information content (AvgIpc) is 2.68. The van der Waals surface area contributed by atoms with E-state index in [4.69, 9.17) is 4.74 Å². The first kappa shape index (κ1) is 18.5. The van der Waals surface area contributed by atoms with E-state index in [2.05, 4.69) is 42.7 Å². The number of quaternary nitrogens is 1. The lowest BCUT2D eigenvalue weighted by Crippen LogP contribution is -3.12. The maximum absolute atomic E-state index is 12.8. The molecule has 26 heavy (non-hydrogen) atoms. The number of nitrogens with one attached hydrogen (secondary N) is 2. The van der Waals surface area contributed by atoms with E-state index in [-0.39, 0.29) is 18.0 Å². The average molecular weight is 353 g/mol. The van der Waals surface area contributed by atoms with Crippen LogP contribution >= 0.6 is 0 Å². The zero-order valence-electron chi connectivity index (χ0n) is 15.9. The number of fused-ring (bicyclic) bond motifs is 1. The van der Waals surface area contributed by atoms with Crippen molar-refractivity contribution in [3.63, 3.8) is 0 Å². The summed E-state index contributed by atoms with van der Waals surface area (Å²) in [6.45, 7) is 2.74. The Balaban J connectivity index is 1.65. The Bertz CT molecular complexity index is 759. The Morgan fingerprint density at radius 1 is 1.23 bits per heavy atom. The van der Waals surface area contributed by atoms with Crippen molar-refractivity contribution < 1.29 is 14.4 Å². The SMILES string of the molecule is COc1ccccc1C[NH+](C)[C@H](C)C(=O)N[C@@H]1CCCc2ccccc21. The lowest BCUT2D eigenvalue weighted by molar-refractivity contribution is -0.908. The van der Waals surface area contributed by atoms with E-state index in [1.54, 1.807) is 7.11 Å². The van der Waals surface area contributed by atoms with Crippen LogP contribution in [0.15, 0.2) is 48.5 Å². The van der Waals surface area contributed by atoms with Gasteiger partial charge in [-0.1, -0.05) is 36.4 Å². The summed E-state index contributed by atoms with van der Waals surface area (Å²) in [5.74, 6) is 0.986. The molecule has 138 valence electrons. The number of hydrogen-bond donors (Lipinski definition) is 2. The third-order valence-corrected chi connectivity index (χ3v) is 5.48. The van der Waals surface area contributed by atoms with Crippen LogP contribution < -0.4 is 15.0 Å². The van der Waals surface area contributed by atoms with Crippen LogP contribution in [0.1, 0.15) is 42.5 Å². The molecule has 0 heterocycles. The van der Waals surface area contributed by atoms with Crippen LogP contribution in [0.5, 0.6) is 5.75 Å². The number of amides is 1. The molecule has 0 saturated carbocycles. The second-order valence-corrected chi connectivity index (χ2v) is 7.21. The molecule has 1 amide bonds. The summed E-state index contributed by atoms with van der Waals surface area (Å²) < 4.78 is 5.43. The van der Waals surface area contributed by atoms with Crippen molar-refractivity contribution in [3.05, 3.63) is 65.2 Å². The first-order valence-electron chi connectivity index (χ1n) is 9.42. The molecule has 2 aromatic rings. The van der Waals surface area contributed by atoms with Crippen molar-refractivity contribution in [3.8, 4) is 5.75 Å². The second-order valence-electron chi connectivity index (χ2n) is 7.21. The molecule has 0 bridgehead atoms. The van der Waals surface area contributed by atoms with Crippen molar-refractivity contribution in [1.29, 1.82) is 0 Å². The van der Waals surface area contributed by atoms with E-state index in [1.807, 2.05) is 25.1 Å². The van der Waals surface area contributed by atoms with Gasteiger partial charge in [0.25, 0.3) is 5.91 Å². The van der Waals surface area contributed by atoms with Gasteiger partial charge in [0.15, 0.2) is 6.04 Å². The van der Waals surface area contributed by atoms with E-state index in [9.17, 15) is 4.79 Å². The van der Waals surface area contributed by atoms with Crippen molar-refractivity contribution in [2.24, 2.45) is 0 Å². The number of likely N-dealkylation sites (N-methyl/N-ethyl adjacent to an activating group) is 1. The molecule has 2 aromatic carbocycles. The van der Waals surface area contributed by atoms with Gasteiger partial charge in [-0.3, -0.25) is 4.79 Å². The highest BCUT2D eigenvalue weighted by Crippen LogP contribution is 2.29. The molecule has 0 fully saturated rings. The van der Waals surface area contributed by atoms with Gasteiger partial charge in [0, 0.05) is 5.56 Å². The quantitative estimate of drug-likeness (QED) is 0.837. The number of hydrogen-bond acceptors (Lipinski definition) is 2. The molecule has 4 nitrogen and oxygen atoms in total. The molecule has 0 spiro atoms. The number of methoxy groups -OCH3 is 1. The van der Waals surface area contributed by atoms with Crippen LogP contribution in [-0.4, -0.2) is 26.1 Å². The Hall–Kier alpha value is -2.33. The largest absolute Gasteiger partial charge is 0.496 e. The number of carbonyl (C=O) groups excluding carboxylic acids is 1. The maximum Gasteiger partial charge on any atom is 0.278 e. The molecular formula is C22H29N2O2+.